The fourth-order valence-electron chi connectivity index (χ4n) is 1.63. The van der Waals surface area contributed by atoms with Crippen LogP contribution in [0.1, 0.15) is 20.8 Å². The maximum absolute atomic E-state index is 11.0. The van der Waals surface area contributed by atoms with Crippen molar-refractivity contribution in [2.45, 2.75) is 26.8 Å². The molecule has 106 valence electrons. The van der Waals surface area contributed by atoms with E-state index in [1.807, 2.05) is 6.92 Å². The number of hydrogen-bond donors (Lipinski definition) is 1. The van der Waals surface area contributed by atoms with Crippen LogP contribution in [0.2, 0.25) is 0 Å². The Balaban J connectivity index is 2.94. The highest BCUT2D eigenvalue weighted by Gasteiger charge is 2.19. The molecule has 0 heterocycles. The van der Waals surface area contributed by atoms with Gasteiger partial charge in [-0.05, 0) is 25.0 Å². The lowest BCUT2D eigenvalue weighted by atomic mass is 10.0. The molecule has 1 aromatic rings. The maximum Gasteiger partial charge on any atom is 0.292 e. The average Bonchev–Trinajstić information content (AvgIpc) is 2.33. The van der Waals surface area contributed by atoms with Crippen LogP contribution in [0.4, 0.5) is 11.4 Å². The number of nitrogens with one attached hydrogen (secondary N) is 1. The molecule has 1 atom stereocenters. The molecule has 0 saturated carbocycles. The predicted octanol–water partition coefficient (Wildman–Crippen LogP) is 3.83. The van der Waals surface area contributed by atoms with Crippen molar-refractivity contribution in [2.24, 2.45) is 5.92 Å². The summed E-state index contributed by atoms with van der Waals surface area (Å²) in [4.78, 5) is 10.6. The number of hydrogen-bond acceptors (Lipinski definition) is 4. The lowest BCUT2D eigenvalue weighted by molar-refractivity contribution is -0.384. The standard InChI is InChI=1S/C13H19BrN2O3/c1-4-19-8-12(9(2)3)15-11-7-10(14)5-6-13(11)16(17)18/h5-7,9,12,15H,4,8H2,1-3H3. The Morgan fingerprint density at radius 3 is 2.68 bits per heavy atom. The van der Waals surface area contributed by atoms with Crippen LogP contribution >= 0.6 is 15.9 Å². The summed E-state index contributed by atoms with van der Waals surface area (Å²) in [6, 6.07) is 4.91. The third kappa shape index (κ3) is 4.80. The van der Waals surface area contributed by atoms with E-state index in [9.17, 15) is 10.1 Å². The SMILES string of the molecule is CCOCC(Nc1cc(Br)ccc1[N+](=O)[O-])C(C)C. The number of nitro benzene ring substituents is 1. The Labute approximate surface area is 121 Å². The summed E-state index contributed by atoms with van der Waals surface area (Å²) in [7, 11) is 0. The number of rotatable bonds is 7. The Bertz CT molecular complexity index is 438. The summed E-state index contributed by atoms with van der Waals surface area (Å²) in [6.07, 6.45) is 0. The number of ether oxygens (including phenoxy) is 1. The highest BCUT2D eigenvalue weighted by Crippen LogP contribution is 2.29. The number of benzene rings is 1. The molecule has 1 unspecified atom stereocenters. The maximum atomic E-state index is 11.0. The fourth-order valence-corrected chi connectivity index (χ4v) is 1.99. The monoisotopic (exact) mass is 330 g/mol. The molecule has 5 nitrogen and oxygen atoms in total. The van der Waals surface area contributed by atoms with E-state index in [2.05, 4.69) is 35.1 Å². The molecule has 1 N–H and O–H groups in total. The molecule has 0 spiro atoms. The summed E-state index contributed by atoms with van der Waals surface area (Å²) in [5.74, 6) is 0.310. The summed E-state index contributed by atoms with van der Waals surface area (Å²) >= 11 is 3.33. The molecule has 0 fully saturated rings. The van der Waals surface area contributed by atoms with Gasteiger partial charge in [-0.1, -0.05) is 29.8 Å². The van der Waals surface area contributed by atoms with Crippen LogP contribution in [-0.2, 0) is 4.74 Å². The van der Waals surface area contributed by atoms with E-state index in [4.69, 9.17) is 4.74 Å². The Kier molecular flexibility index (Phi) is 6.24. The first kappa shape index (κ1) is 15.9. The second kappa shape index (κ2) is 7.45. The molecule has 0 aliphatic rings. The van der Waals surface area contributed by atoms with Gasteiger partial charge in [-0.3, -0.25) is 10.1 Å². The van der Waals surface area contributed by atoms with Gasteiger partial charge in [-0.25, -0.2) is 0 Å². The van der Waals surface area contributed by atoms with Crippen molar-refractivity contribution >= 4 is 27.3 Å². The minimum absolute atomic E-state index is 0.0351. The molecule has 0 aliphatic carbocycles. The fraction of sp³-hybridized carbons (Fsp3) is 0.538. The third-order valence-electron chi connectivity index (χ3n) is 2.80. The third-order valence-corrected chi connectivity index (χ3v) is 3.30. The summed E-state index contributed by atoms with van der Waals surface area (Å²) in [5, 5.41) is 14.2. The van der Waals surface area contributed by atoms with Crippen LogP contribution in [-0.4, -0.2) is 24.2 Å². The van der Waals surface area contributed by atoms with Crippen molar-refractivity contribution in [3.05, 3.63) is 32.8 Å². The lowest BCUT2D eigenvalue weighted by Gasteiger charge is -2.23. The second-order valence-corrected chi connectivity index (χ2v) is 5.49. The minimum atomic E-state index is -0.382. The van der Waals surface area contributed by atoms with Crippen molar-refractivity contribution in [1.82, 2.24) is 0 Å². The van der Waals surface area contributed by atoms with Crippen LogP contribution in [0.5, 0.6) is 0 Å². The van der Waals surface area contributed by atoms with Gasteiger partial charge in [0.1, 0.15) is 5.69 Å². The van der Waals surface area contributed by atoms with Crippen molar-refractivity contribution in [3.63, 3.8) is 0 Å². The Hall–Kier alpha value is -1.14. The first-order valence-electron chi connectivity index (χ1n) is 6.24. The van der Waals surface area contributed by atoms with Crippen molar-refractivity contribution < 1.29 is 9.66 Å². The molecule has 6 heteroatoms. The molecular formula is C13H19BrN2O3. The molecule has 0 radical (unpaired) electrons. The van der Waals surface area contributed by atoms with Gasteiger partial charge in [0.25, 0.3) is 5.69 Å². The Morgan fingerprint density at radius 1 is 1.47 bits per heavy atom. The van der Waals surface area contributed by atoms with E-state index in [1.54, 1.807) is 12.1 Å². The van der Waals surface area contributed by atoms with E-state index in [0.717, 1.165) is 4.47 Å². The lowest BCUT2D eigenvalue weighted by Crippen LogP contribution is -2.31. The quantitative estimate of drug-likeness (QED) is 0.609. The van der Waals surface area contributed by atoms with Crippen LogP contribution in [0.15, 0.2) is 22.7 Å². The van der Waals surface area contributed by atoms with Crippen LogP contribution in [0.25, 0.3) is 0 Å². The zero-order chi connectivity index (χ0) is 14.4. The zero-order valence-corrected chi connectivity index (χ0v) is 12.9. The Morgan fingerprint density at radius 2 is 2.16 bits per heavy atom. The van der Waals surface area contributed by atoms with Gasteiger partial charge in [0.2, 0.25) is 0 Å². The molecule has 1 aromatic carbocycles. The zero-order valence-electron chi connectivity index (χ0n) is 11.4. The molecule has 0 aliphatic heterocycles. The van der Waals surface area contributed by atoms with E-state index < -0.39 is 0 Å². The van der Waals surface area contributed by atoms with Gasteiger partial charge in [-0.15, -0.1) is 0 Å². The number of nitro groups is 1. The number of anilines is 1. The topological polar surface area (TPSA) is 64.4 Å². The second-order valence-electron chi connectivity index (χ2n) is 4.57. The molecule has 0 bridgehead atoms. The normalized spacial score (nSPS) is 12.5. The van der Waals surface area contributed by atoms with Crippen molar-refractivity contribution in [1.29, 1.82) is 0 Å². The van der Waals surface area contributed by atoms with Crippen molar-refractivity contribution in [3.8, 4) is 0 Å². The molecule has 0 aromatic heterocycles. The number of halogens is 1. The highest BCUT2D eigenvalue weighted by atomic mass is 79.9. The summed E-state index contributed by atoms with van der Waals surface area (Å²) < 4.78 is 6.22. The molecule has 0 amide bonds. The van der Waals surface area contributed by atoms with E-state index >= 15 is 0 Å². The van der Waals surface area contributed by atoms with Gasteiger partial charge in [-0.2, -0.15) is 0 Å². The van der Waals surface area contributed by atoms with Gasteiger partial charge < -0.3 is 10.1 Å². The van der Waals surface area contributed by atoms with Gasteiger partial charge in [0.05, 0.1) is 17.6 Å². The van der Waals surface area contributed by atoms with E-state index in [-0.39, 0.29) is 16.7 Å². The molecule has 1 rings (SSSR count). The van der Waals surface area contributed by atoms with Crippen molar-refractivity contribution in [2.75, 3.05) is 18.5 Å². The molecular weight excluding hydrogens is 312 g/mol. The van der Waals surface area contributed by atoms with Crippen LogP contribution in [0.3, 0.4) is 0 Å². The van der Waals surface area contributed by atoms with E-state index in [0.29, 0.717) is 24.8 Å². The van der Waals surface area contributed by atoms with Gasteiger partial charge in [0, 0.05) is 17.1 Å². The summed E-state index contributed by atoms with van der Waals surface area (Å²) in [6.45, 7) is 7.20. The predicted molar refractivity (Wildman–Crippen MR) is 79.5 cm³/mol. The smallest absolute Gasteiger partial charge is 0.292 e. The first-order valence-corrected chi connectivity index (χ1v) is 7.03. The molecule has 0 saturated heterocycles. The van der Waals surface area contributed by atoms with E-state index in [1.165, 1.54) is 6.07 Å². The number of nitrogens with zero attached hydrogens (tertiary/aromatic N) is 1. The first-order chi connectivity index (χ1) is 8.95. The van der Waals surface area contributed by atoms with Crippen LogP contribution in [0, 0.1) is 16.0 Å². The molecule has 19 heavy (non-hydrogen) atoms. The van der Waals surface area contributed by atoms with Crippen LogP contribution < -0.4 is 5.32 Å². The average molecular weight is 331 g/mol. The minimum Gasteiger partial charge on any atom is -0.380 e. The van der Waals surface area contributed by atoms with Gasteiger partial charge in [0.15, 0.2) is 0 Å². The highest BCUT2D eigenvalue weighted by molar-refractivity contribution is 9.10. The largest absolute Gasteiger partial charge is 0.380 e. The van der Waals surface area contributed by atoms with Gasteiger partial charge >= 0.3 is 0 Å². The summed E-state index contributed by atoms with van der Waals surface area (Å²) in [5.41, 5.74) is 0.586.